The molecule has 2 rings (SSSR count). The van der Waals surface area contributed by atoms with E-state index in [-0.39, 0.29) is 17.4 Å². The van der Waals surface area contributed by atoms with Gasteiger partial charge in [0.2, 0.25) is 5.91 Å². The molecule has 138 valence electrons. The quantitative estimate of drug-likeness (QED) is 0.601. The molecule has 0 aromatic heterocycles. The van der Waals surface area contributed by atoms with Crippen LogP contribution in [0.4, 0.5) is 8.78 Å². The summed E-state index contributed by atoms with van der Waals surface area (Å²) in [4.78, 5) is 13.8. The number of para-hydroxylation sites is 1. The van der Waals surface area contributed by atoms with Gasteiger partial charge in [0.15, 0.2) is 11.5 Å². The lowest BCUT2D eigenvalue weighted by atomic mass is 10.1. The fraction of sp³-hybridized carbons (Fsp3) is 0.211. The third-order valence-electron chi connectivity index (χ3n) is 3.58. The molecule has 0 bridgehead atoms. The van der Waals surface area contributed by atoms with Crippen LogP contribution in [0.25, 0.3) is 6.08 Å². The molecule has 2 aromatic carbocycles. The van der Waals surface area contributed by atoms with Gasteiger partial charge in [-0.05, 0) is 23.8 Å². The van der Waals surface area contributed by atoms with Gasteiger partial charge in [0, 0.05) is 29.7 Å². The van der Waals surface area contributed by atoms with Crippen LogP contribution in [0, 0.1) is 0 Å². The molecular weight excluding hydrogens is 408 g/mol. The molecule has 4 nitrogen and oxygen atoms in total. The van der Waals surface area contributed by atoms with Crippen molar-refractivity contribution in [2.24, 2.45) is 0 Å². The Morgan fingerprint density at radius 2 is 1.96 bits per heavy atom. The summed E-state index contributed by atoms with van der Waals surface area (Å²) in [6.45, 7) is -2.59. The van der Waals surface area contributed by atoms with Crippen molar-refractivity contribution in [2.45, 2.75) is 13.2 Å². The summed E-state index contributed by atoms with van der Waals surface area (Å²) in [6, 6.07) is 12.3. The lowest BCUT2D eigenvalue weighted by molar-refractivity contribution is -0.125. The van der Waals surface area contributed by atoms with Crippen molar-refractivity contribution in [1.29, 1.82) is 0 Å². The molecule has 0 unspecified atom stereocenters. The van der Waals surface area contributed by atoms with E-state index in [0.29, 0.717) is 12.1 Å². The van der Waals surface area contributed by atoms with Crippen LogP contribution < -0.4 is 9.47 Å². The van der Waals surface area contributed by atoms with Crippen molar-refractivity contribution in [3.63, 3.8) is 0 Å². The van der Waals surface area contributed by atoms with Gasteiger partial charge in [-0.3, -0.25) is 4.79 Å². The summed E-state index contributed by atoms with van der Waals surface area (Å²) >= 11 is 3.44. The van der Waals surface area contributed by atoms with Gasteiger partial charge in [0.25, 0.3) is 0 Å². The number of carbonyl (C=O) groups excluding carboxylic acids is 1. The Balaban J connectivity index is 2.15. The first-order chi connectivity index (χ1) is 12.4. The van der Waals surface area contributed by atoms with Crippen LogP contribution in [-0.2, 0) is 11.3 Å². The molecule has 0 N–H and O–H groups in total. The van der Waals surface area contributed by atoms with E-state index in [1.54, 1.807) is 19.2 Å². The van der Waals surface area contributed by atoms with E-state index in [9.17, 15) is 13.6 Å². The Hall–Kier alpha value is -2.41. The molecule has 2 aromatic rings. The van der Waals surface area contributed by atoms with Crippen LogP contribution in [0.3, 0.4) is 0 Å². The van der Waals surface area contributed by atoms with Crippen molar-refractivity contribution in [2.75, 3.05) is 14.2 Å². The summed E-state index contributed by atoms with van der Waals surface area (Å²) in [5.74, 6) is -0.212. The molecule has 0 aliphatic carbocycles. The molecule has 0 heterocycles. The predicted octanol–water partition coefficient (Wildman–Crippen LogP) is 4.73. The Bertz CT molecular complexity index is 796. The van der Waals surface area contributed by atoms with E-state index >= 15 is 0 Å². The number of ether oxygens (including phenoxy) is 2. The number of hydrogen-bond acceptors (Lipinski definition) is 3. The van der Waals surface area contributed by atoms with Crippen molar-refractivity contribution < 1.29 is 23.0 Å². The Morgan fingerprint density at radius 3 is 2.62 bits per heavy atom. The lowest BCUT2D eigenvalue weighted by Crippen LogP contribution is -2.24. The Labute approximate surface area is 159 Å². The molecule has 0 saturated heterocycles. The molecule has 0 atom stereocenters. The summed E-state index contributed by atoms with van der Waals surface area (Å²) in [6.07, 6.45) is 2.74. The zero-order valence-corrected chi connectivity index (χ0v) is 15.9. The highest BCUT2D eigenvalue weighted by Gasteiger charge is 2.14. The van der Waals surface area contributed by atoms with Crippen molar-refractivity contribution >= 4 is 27.9 Å². The first kappa shape index (κ1) is 19.9. The molecule has 0 aliphatic heterocycles. The fourth-order valence-electron chi connectivity index (χ4n) is 2.29. The van der Waals surface area contributed by atoms with Crippen molar-refractivity contribution in [3.8, 4) is 11.5 Å². The number of halogens is 3. The van der Waals surface area contributed by atoms with E-state index in [2.05, 4.69) is 20.7 Å². The van der Waals surface area contributed by atoms with Crippen LogP contribution in [0.15, 0.2) is 53.0 Å². The maximum absolute atomic E-state index is 12.6. The normalized spacial score (nSPS) is 11.0. The predicted molar refractivity (Wildman–Crippen MR) is 99.3 cm³/mol. The molecule has 1 amide bonds. The van der Waals surface area contributed by atoms with Crippen LogP contribution in [0.5, 0.6) is 11.5 Å². The number of benzene rings is 2. The van der Waals surface area contributed by atoms with Gasteiger partial charge >= 0.3 is 6.61 Å². The zero-order chi connectivity index (χ0) is 19.1. The highest BCUT2D eigenvalue weighted by Crippen LogP contribution is 2.33. The highest BCUT2D eigenvalue weighted by molar-refractivity contribution is 9.10. The molecule has 26 heavy (non-hydrogen) atoms. The number of amides is 1. The second-order valence-corrected chi connectivity index (χ2v) is 6.23. The van der Waals surface area contributed by atoms with Gasteiger partial charge in [-0.1, -0.05) is 46.3 Å². The van der Waals surface area contributed by atoms with Crippen LogP contribution in [-0.4, -0.2) is 31.6 Å². The minimum Gasteiger partial charge on any atom is -0.493 e. The number of rotatable bonds is 7. The third kappa shape index (κ3) is 5.29. The lowest BCUT2D eigenvalue weighted by Gasteiger charge is -2.16. The number of carbonyl (C=O) groups is 1. The average Bonchev–Trinajstić information content (AvgIpc) is 2.61. The van der Waals surface area contributed by atoms with E-state index < -0.39 is 6.61 Å². The molecule has 0 spiro atoms. The summed E-state index contributed by atoms with van der Waals surface area (Å²) in [5, 5.41) is 0. The first-order valence-electron chi connectivity index (χ1n) is 7.70. The standard InChI is InChI=1S/C19H18BrF2NO3/c1-23(12-14-6-3-4-8-15(14)20)17(24)11-10-13-7-5-9-16(25-2)18(13)26-19(21)22/h3-11,19H,12H2,1-2H3/b11-10+. The topological polar surface area (TPSA) is 38.8 Å². The minimum absolute atomic E-state index is 0.109. The second-order valence-electron chi connectivity index (χ2n) is 5.38. The second kappa shape index (κ2) is 9.33. The summed E-state index contributed by atoms with van der Waals surface area (Å²) in [5.41, 5.74) is 1.28. The minimum atomic E-state index is -2.99. The van der Waals surface area contributed by atoms with E-state index in [1.807, 2.05) is 24.3 Å². The third-order valence-corrected chi connectivity index (χ3v) is 4.36. The Morgan fingerprint density at radius 1 is 1.23 bits per heavy atom. The van der Waals surface area contributed by atoms with Crippen LogP contribution in [0.1, 0.15) is 11.1 Å². The maximum atomic E-state index is 12.6. The van der Waals surface area contributed by atoms with E-state index in [0.717, 1.165) is 10.0 Å². The largest absolute Gasteiger partial charge is 0.493 e. The number of nitrogens with zero attached hydrogens (tertiary/aromatic N) is 1. The van der Waals surface area contributed by atoms with Crippen LogP contribution in [0.2, 0.25) is 0 Å². The molecule has 0 aliphatic rings. The fourth-order valence-corrected chi connectivity index (χ4v) is 2.70. The Kier molecular flexibility index (Phi) is 7.15. The number of likely N-dealkylation sites (N-methyl/N-ethyl adjacent to an activating group) is 1. The van der Waals surface area contributed by atoms with Crippen molar-refractivity contribution in [1.82, 2.24) is 4.90 Å². The summed E-state index contributed by atoms with van der Waals surface area (Å²) < 4.78 is 35.8. The van der Waals surface area contributed by atoms with Gasteiger partial charge in [0.1, 0.15) is 0 Å². The number of methoxy groups -OCH3 is 1. The van der Waals surface area contributed by atoms with Gasteiger partial charge < -0.3 is 14.4 Å². The number of alkyl halides is 2. The van der Waals surface area contributed by atoms with Gasteiger partial charge in [0.05, 0.1) is 7.11 Å². The van der Waals surface area contributed by atoms with Crippen LogP contribution >= 0.6 is 15.9 Å². The first-order valence-corrected chi connectivity index (χ1v) is 8.50. The van der Waals surface area contributed by atoms with Gasteiger partial charge in [-0.2, -0.15) is 8.78 Å². The molecular formula is C19H18BrF2NO3. The van der Waals surface area contributed by atoms with E-state index in [1.165, 1.54) is 30.2 Å². The molecule has 0 saturated carbocycles. The number of hydrogen-bond donors (Lipinski definition) is 0. The smallest absolute Gasteiger partial charge is 0.387 e. The molecule has 0 radical (unpaired) electrons. The maximum Gasteiger partial charge on any atom is 0.387 e. The highest BCUT2D eigenvalue weighted by atomic mass is 79.9. The SMILES string of the molecule is COc1cccc(/C=C/C(=O)N(C)Cc2ccccc2Br)c1OC(F)F. The molecule has 0 fully saturated rings. The van der Waals surface area contributed by atoms with E-state index in [4.69, 9.17) is 4.74 Å². The molecule has 7 heteroatoms. The summed E-state index contributed by atoms with van der Waals surface area (Å²) in [7, 11) is 3.02. The van der Waals surface area contributed by atoms with Gasteiger partial charge in [-0.15, -0.1) is 0 Å². The average molecular weight is 426 g/mol. The van der Waals surface area contributed by atoms with Crippen molar-refractivity contribution in [3.05, 3.63) is 64.1 Å². The van der Waals surface area contributed by atoms with Gasteiger partial charge in [-0.25, -0.2) is 0 Å². The monoisotopic (exact) mass is 425 g/mol. The zero-order valence-electron chi connectivity index (χ0n) is 14.3.